The molecule has 21 heavy (non-hydrogen) atoms. The lowest BCUT2D eigenvalue weighted by atomic mass is 10.1. The highest BCUT2D eigenvalue weighted by atomic mass is 35.5. The highest BCUT2D eigenvalue weighted by Gasteiger charge is 2.16. The number of methoxy groups -OCH3 is 1. The van der Waals surface area contributed by atoms with Gasteiger partial charge < -0.3 is 9.84 Å². The lowest BCUT2D eigenvalue weighted by Crippen LogP contribution is -2.27. The molecule has 1 atom stereocenters. The van der Waals surface area contributed by atoms with Gasteiger partial charge in [-0.15, -0.1) is 0 Å². The molecule has 5 heteroatoms. The fourth-order valence-corrected chi connectivity index (χ4v) is 2.46. The van der Waals surface area contributed by atoms with Gasteiger partial charge in [0, 0.05) is 12.7 Å². The van der Waals surface area contributed by atoms with E-state index in [2.05, 4.69) is 9.88 Å². The maximum absolute atomic E-state index is 9.70. The van der Waals surface area contributed by atoms with E-state index in [4.69, 9.17) is 16.3 Å². The summed E-state index contributed by atoms with van der Waals surface area (Å²) in [6, 6.07) is 11.4. The number of pyridine rings is 1. The predicted molar refractivity (Wildman–Crippen MR) is 83.5 cm³/mol. The van der Waals surface area contributed by atoms with Gasteiger partial charge in [-0.05, 0) is 42.4 Å². The molecule has 0 aliphatic carbocycles. The normalized spacial score (nSPS) is 12.4. The Kier molecular flexibility index (Phi) is 5.56. The van der Waals surface area contributed by atoms with Gasteiger partial charge in [0.15, 0.2) is 0 Å². The summed E-state index contributed by atoms with van der Waals surface area (Å²) >= 11 is 5.90. The molecule has 0 bridgehead atoms. The number of rotatable bonds is 6. The molecule has 0 spiro atoms. The standard InChI is InChI=1S/C16H19ClN2O2/c1-19(10-12-7-8-18-16(17)9-12)15(11-20)13-3-5-14(21-2)6-4-13/h3-9,15,20H,10-11H2,1-2H3. The van der Waals surface area contributed by atoms with Crippen molar-refractivity contribution in [3.8, 4) is 5.75 Å². The minimum atomic E-state index is -0.0807. The fraction of sp³-hybridized carbons (Fsp3) is 0.312. The molecule has 0 radical (unpaired) electrons. The molecule has 1 heterocycles. The van der Waals surface area contributed by atoms with E-state index in [1.807, 2.05) is 43.4 Å². The van der Waals surface area contributed by atoms with E-state index in [0.29, 0.717) is 11.7 Å². The molecule has 1 unspecified atom stereocenters. The van der Waals surface area contributed by atoms with Gasteiger partial charge in [0.2, 0.25) is 0 Å². The molecule has 4 nitrogen and oxygen atoms in total. The highest BCUT2D eigenvalue weighted by Crippen LogP contribution is 2.23. The second-order valence-corrected chi connectivity index (χ2v) is 5.26. The number of halogens is 1. The first kappa shape index (κ1) is 15.8. The molecule has 1 aromatic heterocycles. The Morgan fingerprint density at radius 1 is 1.29 bits per heavy atom. The molecule has 0 fully saturated rings. The van der Waals surface area contributed by atoms with Crippen LogP contribution in [0.4, 0.5) is 0 Å². The first-order valence-corrected chi connectivity index (χ1v) is 7.07. The van der Waals surface area contributed by atoms with Crippen LogP contribution in [0, 0.1) is 0 Å². The first-order valence-electron chi connectivity index (χ1n) is 6.69. The predicted octanol–water partition coefficient (Wildman–Crippen LogP) is 2.91. The number of ether oxygens (including phenoxy) is 1. The molecule has 2 rings (SSSR count). The van der Waals surface area contributed by atoms with Gasteiger partial charge in [-0.2, -0.15) is 0 Å². The molecular weight excluding hydrogens is 288 g/mol. The summed E-state index contributed by atoms with van der Waals surface area (Å²) in [5.41, 5.74) is 2.10. The Hall–Kier alpha value is -1.62. The van der Waals surface area contributed by atoms with Gasteiger partial charge in [0.25, 0.3) is 0 Å². The van der Waals surface area contributed by atoms with E-state index in [0.717, 1.165) is 16.9 Å². The molecule has 112 valence electrons. The van der Waals surface area contributed by atoms with Crippen LogP contribution in [0.25, 0.3) is 0 Å². The maximum atomic E-state index is 9.70. The smallest absolute Gasteiger partial charge is 0.129 e. The van der Waals surface area contributed by atoms with Gasteiger partial charge >= 0.3 is 0 Å². The Balaban J connectivity index is 2.12. The molecule has 1 aromatic carbocycles. The van der Waals surface area contributed by atoms with Crippen molar-refractivity contribution in [2.24, 2.45) is 0 Å². The van der Waals surface area contributed by atoms with Crippen LogP contribution in [0.1, 0.15) is 17.2 Å². The number of aliphatic hydroxyl groups excluding tert-OH is 1. The van der Waals surface area contributed by atoms with Crippen LogP contribution in [-0.4, -0.2) is 35.8 Å². The van der Waals surface area contributed by atoms with Crippen molar-refractivity contribution in [2.45, 2.75) is 12.6 Å². The Labute approximate surface area is 130 Å². The van der Waals surface area contributed by atoms with Crippen LogP contribution >= 0.6 is 11.6 Å². The Bertz CT molecular complexity index is 575. The van der Waals surface area contributed by atoms with Crippen LogP contribution in [-0.2, 0) is 6.54 Å². The van der Waals surface area contributed by atoms with Crippen molar-refractivity contribution < 1.29 is 9.84 Å². The van der Waals surface area contributed by atoms with Gasteiger partial charge in [0.05, 0.1) is 19.8 Å². The number of benzene rings is 1. The van der Waals surface area contributed by atoms with Crippen molar-refractivity contribution >= 4 is 11.6 Å². The van der Waals surface area contributed by atoms with Crippen LogP contribution in [0.3, 0.4) is 0 Å². The number of likely N-dealkylation sites (N-methyl/N-ethyl adjacent to an activating group) is 1. The van der Waals surface area contributed by atoms with Gasteiger partial charge in [-0.1, -0.05) is 23.7 Å². The van der Waals surface area contributed by atoms with Crippen LogP contribution in [0.15, 0.2) is 42.6 Å². The van der Waals surface area contributed by atoms with E-state index in [9.17, 15) is 5.11 Å². The molecule has 0 saturated heterocycles. The van der Waals surface area contributed by atoms with E-state index >= 15 is 0 Å². The van der Waals surface area contributed by atoms with Crippen LogP contribution in [0.5, 0.6) is 5.75 Å². The largest absolute Gasteiger partial charge is 0.497 e. The average molecular weight is 307 g/mol. The van der Waals surface area contributed by atoms with Crippen LogP contribution < -0.4 is 4.74 Å². The van der Waals surface area contributed by atoms with E-state index in [1.165, 1.54) is 0 Å². The zero-order valence-electron chi connectivity index (χ0n) is 12.2. The molecular formula is C16H19ClN2O2. The third-order valence-electron chi connectivity index (χ3n) is 3.43. The molecule has 1 N–H and O–H groups in total. The van der Waals surface area contributed by atoms with Crippen molar-refractivity contribution in [3.63, 3.8) is 0 Å². The maximum Gasteiger partial charge on any atom is 0.129 e. The minimum absolute atomic E-state index is 0.0433. The van der Waals surface area contributed by atoms with Crippen molar-refractivity contribution in [1.29, 1.82) is 0 Å². The summed E-state index contributed by atoms with van der Waals surface area (Å²) in [6.07, 6.45) is 1.69. The minimum Gasteiger partial charge on any atom is -0.497 e. The first-order chi connectivity index (χ1) is 10.1. The van der Waals surface area contributed by atoms with E-state index in [1.54, 1.807) is 13.3 Å². The van der Waals surface area contributed by atoms with Gasteiger partial charge in [-0.25, -0.2) is 4.98 Å². The number of aliphatic hydroxyl groups is 1. The lowest BCUT2D eigenvalue weighted by Gasteiger charge is -2.27. The summed E-state index contributed by atoms with van der Waals surface area (Å²) in [4.78, 5) is 6.05. The molecule has 2 aromatic rings. The SMILES string of the molecule is COc1ccc(C(CO)N(C)Cc2ccnc(Cl)c2)cc1. The Morgan fingerprint density at radius 3 is 2.57 bits per heavy atom. The summed E-state index contributed by atoms with van der Waals surface area (Å²) in [6.45, 7) is 0.723. The zero-order chi connectivity index (χ0) is 15.2. The number of nitrogens with zero attached hydrogens (tertiary/aromatic N) is 2. The van der Waals surface area contributed by atoms with Crippen molar-refractivity contribution in [1.82, 2.24) is 9.88 Å². The zero-order valence-corrected chi connectivity index (χ0v) is 12.9. The molecule has 0 aliphatic rings. The monoisotopic (exact) mass is 306 g/mol. The second-order valence-electron chi connectivity index (χ2n) is 4.87. The molecule has 0 amide bonds. The third kappa shape index (κ3) is 4.17. The third-order valence-corrected chi connectivity index (χ3v) is 3.64. The summed E-state index contributed by atoms with van der Waals surface area (Å²) < 4.78 is 5.15. The quantitative estimate of drug-likeness (QED) is 0.834. The lowest BCUT2D eigenvalue weighted by molar-refractivity contribution is 0.142. The topological polar surface area (TPSA) is 45.6 Å². The highest BCUT2D eigenvalue weighted by molar-refractivity contribution is 6.29. The van der Waals surface area contributed by atoms with Gasteiger partial charge in [0.1, 0.15) is 10.9 Å². The van der Waals surface area contributed by atoms with Crippen molar-refractivity contribution in [2.75, 3.05) is 20.8 Å². The summed E-state index contributed by atoms with van der Waals surface area (Å²) in [5.74, 6) is 0.805. The second kappa shape index (κ2) is 7.41. The van der Waals surface area contributed by atoms with E-state index < -0.39 is 0 Å². The number of hydrogen-bond donors (Lipinski definition) is 1. The number of hydrogen-bond acceptors (Lipinski definition) is 4. The average Bonchev–Trinajstić information content (AvgIpc) is 2.48. The fourth-order valence-electron chi connectivity index (χ4n) is 2.26. The Morgan fingerprint density at radius 2 is 2.00 bits per heavy atom. The molecule has 0 saturated carbocycles. The number of aromatic nitrogens is 1. The summed E-state index contributed by atoms with van der Waals surface area (Å²) in [5, 5.41) is 10.2. The summed E-state index contributed by atoms with van der Waals surface area (Å²) in [7, 11) is 3.61. The molecule has 0 aliphatic heterocycles. The van der Waals surface area contributed by atoms with Gasteiger partial charge in [-0.3, -0.25) is 4.90 Å². The van der Waals surface area contributed by atoms with Crippen LogP contribution in [0.2, 0.25) is 5.15 Å². The van der Waals surface area contributed by atoms with Crippen molar-refractivity contribution in [3.05, 3.63) is 58.9 Å². The van der Waals surface area contributed by atoms with E-state index in [-0.39, 0.29) is 12.6 Å².